The maximum absolute atomic E-state index is 13.7. The number of amides is 2. The van der Waals surface area contributed by atoms with Crippen LogP contribution in [0, 0.1) is 29.4 Å². The van der Waals surface area contributed by atoms with E-state index in [1.165, 1.54) is 0 Å². The van der Waals surface area contributed by atoms with Gasteiger partial charge < -0.3 is 15.7 Å². The van der Waals surface area contributed by atoms with Gasteiger partial charge in [-0.2, -0.15) is 0 Å². The Balaban J connectivity index is 1.68. The van der Waals surface area contributed by atoms with E-state index in [1.54, 1.807) is 0 Å². The molecule has 3 N–H and O–H groups in total. The van der Waals surface area contributed by atoms with Gasteiger partial charge in [0.2, 0.25) is 0 Å². The van der Waals surface area contributed by atoms with Crippen molar-refractivity contribution in [3.63, 3.8) is 0 Å². The number of carbonyl (C=O) groups excluding carboxylic acids is 1. The van der Waals surface area contributed by atoms with Crippen LogP contribution in [0.1, 0.15) is 19.3 Å². The van der Waals surface area contributed by atoms with Crippen molar-refractivity contribution >= 4 is 23.3 Å². The van der Waals surface area contributed by atoms with Gasteiger partial charge in [-0.1, -0.05) is 11.6 Å². The Kier molecular flexibility index (Phi) is 4.23. The molecular formula is C15H17ClF2N2O2. The second-order valence-electron chi connectivity index (χ2n) is 6.05. The Hall–Kier alpha value is -1.40. The smallest absolute Gasteiger partial charge is 0.319 e. The van der Waals surface area contributed by atoms with E-state index in [9.17, 15) is 18.7 Å². The van der Waals surface area contributed by atoms with Gasteiger partial charge in [0.25, 0.3) is 0 Å². The van der Waals surface area contributed by atoms with Gasteiger partial charge in [-0.05, 0) is 43.2 Å². The molecule has 22 heavy (non-hydrogen) atoms. The first-order valence-electron chi connectivity index (χ1n) is 7.32. The molecule has 4 unspecified atom stereocenters. The Morgan fingerprint density at radius 3 is 2.55 bits per heavy atom. The maximum atomic E-state index is 13.7. The number of benzene rings is 1. The lowest BCUT2D eigenvalue weighted by Gasteiger charge is -2.30. The number of fused-ring (bicyclic) bond motifs is 2. The summed E-state index contributed by atoms with van der Waals surface area (Å²) in [7, 11) is 0. The molecule has 0 spiro atoms. The van der Waals surface area contributed by atoms with Gasteiger partial charge in [0.1, 0.15) is 5.69 Å². The molecule has 2 amide bonds. The second kappa shape index (κ2) is 6.01. The molecule has 0 heterocycles. The molecule has 3 rings (SSSR count). The lowest BCUT2D eigenvalue weighted by atomic mass is 9.85. The molecule has 2 bridgehead atoms. The van der Waals surface area contributed by atoms with Crippen molar-refractivity contribution in [1.82, 2.24) is 5.32 Å². The van der Waals surface area contributed by atoms with Crippen LogP contribution in [-0.4, -0.2) is 23.8 Å². The van der Waals surface area contributed by atoms with Gasteiger partial charge in [-0.25, -0.2) is 13.6 Å². The van der Waals surface area contributed by atoms with Crippen LogP contribution in [0.25, 0.3) is 0 Å². The van der Waals surface area contributed by atoms with E-state index in [-0.39, 0.29) is 23.6 Å². The molecule has 4 atom stereocenters. The number of aliphatic hydroxyl groups excluding tert-OH is 1. The first-order chi connectivity index (χ1) is 10.5. The molecule has 2 aliphatic rings. The zero-order valence-electron chi connectivity index (χ0n) is 11.8. The zero-order chi connectivity index (χ0) is 15.9. The standard InChI is InChI=1S/C15H17ClF2N2O2/c16-9-4-11(17)14(12(18)5-9)20-15(22)19-13-8-2-1-7(3-8)10(13)6-21/h4-5,7-8,10,13,21H,1-3,6H2,(H2,19,20,22). The minimum atomic E-state index is -0.924. The van der Waals surface area contributed by atoms with Crippen LogP contribution in [-0.2, 0) is 0 Å². The predicted octanol–water partition coefficient (Wildman–Crippen LogP) is 3.15. The molecule has 0 radical (unpaired) electrons. The molecule has 0 aliphatic heterocycles. The summed E-state index contributed by atoms with van der Waals surface area (Å²) in [6.07, 6.45) is 3.06. The summed E-state index contributed by atoms with van der Waals surface area (Å²) in [5.41, 5.74) is -0.523. The Morgan fingerprint density at radius 1 is 1.27 bits per heavy atom. The van der Waals surface area contributed by atoms with Crippen molar-refractivity contribution in [2.24, 2.45) is 17.8 Å². The first kappa shape index (κ1) is 15.5. The van der Waals surface area contributed by atoms with E-state index in [4.69, 9.17) is 11.6 Å². The minimum Gasteiger partial charge on any atom is -0.396 e. The topological polar surface area (TPSA) is 61.4 Å². The zero-order valence-corrected chi connectivity index (χ0v) is 12.5. The molecular weight excluding hydrogens is 314 g/mol. The van der Waals surface area contributed by atoms with Crippen molar-refractivity contribution in [3.8, 4) is 0 Å². The number of rotatable bonds is 3. The number of nitrogens with one attached hydrogen (secondary N) is 2. The summed E-state index contributed by atoms with van der Waals surface area (Å²) in [6.45, 7) is 0.00970. The van der Waals surface area contributed by atoms with Crippen molar-refractivity contribution in [1.29, 1.82) is 0 Å². The van der Waals surface area contributed by atoms with Crippen molar-refractivity contribution < 1.29 is 18.7 Å². The quantitative estimate of drug-likeness (QED) is 0.797. The Labute approximate surface area is 131 Å². The van der Waals surface area contributed by atoms with Crippen LogP contribution in [0.2, 0.25) is 5.02 Å². The number of halogens is 3. The molecule has 0 aromatic heterocycles. The van der Waals surface area contributed by atoms with Crippen LogP contribution in [0.15, 0.2) is 12.1 Å². The fraction of sp³-hybridized carbons (Fsp3) is 0.533. The fourth-order valence-electron chi connectivity index (χ4n) is 3.86. The fourth-order valence-corrected chi connectivity index (χ4v) is 4.05. The van der Waals surface area contributed by atoms with Gasteiger partial charge in [0.15, 0.2) is 11.6 Å². The van der Waals surface area contributed by atoms with E-state index in [2.05, 4.69) is 10.6 Å². The number of carbonyl (C=O) groups is 1. The van der Waals surface area contributed by atoms with Crippen LogP contribution < -0.4 is 10.6 Å². The third kappa shape index (κ3) is 2.77. The SMILES string of the molecule is O=C(Nc1c(F)cc(Cl)cc1F)NC1C2CCC(C2)C1CO. The average molecular weight is 331 g/mol. The van der Waals surface area contributed by atoms with Gasteiger partial charge >= 0.3 is 6.03 Å². The molecule has 1 aromatic rings. The highest BCUT2D eigenvalue weighted by atomic mass is 35.5. The van der Waals surface area contributed by atoms with Gasteiger partial charge in [-0.15, -0.1) is 0 Å². The molecule has 7 heteroatoms. The minimum absolute atomic E-state index is 0.00970. The van der Waals surface area contributed by atoms with E-state index in [1.807, 2.05) is 0 Å². The number of aliphatic hydroxyl groups is 1. The molecule has 1 aromatic carbocycles. The van der Waals surface area contributed by atoms with Crippen molar-refractivity contribution in [2.45, 2.75) is 25.3 Å². The highest BCUT2D eigenvalue weighted by Crippen LogP contribution is 2.48. The normalized spacial score (nSPS) is 29.6. The number of anilines is 1. The number of urea groups is 1. The summed E-state index contributed by atoms with van der Waals surface area (Å²) >= 11 is 5.54. The number of hydrogen-bond donors (Lipinski definition) is 3. The molecule has 2 aliphatic carbocycles. The van der Waals surface area contributed by atoms with Gasteiger partial charge in [0, 0.05) is 23.6 Å². The van der Waals surface area contributed by atoms with Crippen LogP contribution in [0.4, 0.5) is 19.3 Å². The highest BCUT2D eigenvalue weighted by molar-refractivity contribution is 6.30. The van der Waals surface area contributed by atoms with E-state index >= 15 is 0 Å². The van der Waals surface area contributed by atoms with E-state index in [0.717, 1.165) is 31.4 Å². The van der Waals surface area contributed by atoms with Crippen molar-refractivity contribution in [2.75, 3.05) is 11.9 Å². The van der Waals surface area contributed by atoms with Gasteiger partial charge in [-0.3, -0.25) is 0 Å². The summed E-state index contributed by atoms with van der Waals surface area (Å²) in [4.78, 5) is 12.0. The predicted molar refractivity (Wildman–Crippen MR) is 78.7 cm³/mol. The molecule has 4 nitrogen and oxygen atoms in total. The van der Waals surface area contributed by atoms with Crippen LogP contribution in [0.3, 0.4) is 0 Å². The Morgan fingerprint density at radius 2 is 1.91 bits per heavy atom. The summed E-state index contributed by atoms with van der Waals surface area (Å²) in [5, 5.41) is 14.3. The molecule has 0 saturated heterocycles. The van der Waals surface area contributed by atoms with Crippen LogP contribution in [0.5, 0.6) is 0 Å². The number of hydrogen-bond acceptors (Lipinski definition) is 2. The molecule has 2 saturated carbocycles. The largest absolute Gasteiger partial charge is 0.396 e. The summed E-state index contributed by atoms with van der Waals surface area (Å²) < 4.78 is 27.3. The third-order valence-corrected chi connectivity index (χ3v) is 5.06. The average Bonchev–Trinajstić information content (AvgIpc) is 3.03. The lowest BCUT2D eigenvalue weighted by Crippen LogP contribution is -2.47. The summed E-state index contributed by atoms with van der Waals surface area (Å²) in [5.74, 6) is -1.08. The van der Waals surface area contributed by atoms with Crippen molar-refractivity contribution in [3.05, 3.63) is 28.8 Å². The monoisotopic (exact) mass is 330 g/mol. The van der Waals surface area contributed by atoms with Gasteiger partial charge in [0.05, 0.1) is 0 Å². The highest BCUT2D eigenvalue weighted by Gasteiger charge is 2.47. The van der Waals surface area contributed by atoms with E-state index < -0.39 is 23.4 Å². The maximum Gasteiger partial charge on any atom is 0.319 e. The molecule has 2 fully saturated rings. The lowest BCUT2D eigenvalue weighted by molar-refractivity contribution is 0.146. The molecule has 120 valence electrons. The first-order valence-corrected chi connectivity index (χ1v) is 7.70. The van der Waals surface area contributed by atoms with E-state index in [0.29, 0.717) is 11.8 Å². The second-order valence-corrected chi connectivity index (χ2v) is 6.48. The summed E-state index contributed by atoms with van der Waals surface area (Å²) in [6, 6.07) is 1.06. The third-order valence-electron chi connectivity index (χ3n) is 4.84. The van der Waals surface area contributed by atoms with Crippen LogP contribution >= 0.6 is 11.6 Å². The Bertz CT molecular complexity index is 576.